The van der Waals surface area contributed by atoms with Gasteiger partial charge in [0.25, 0.3) is 0 Å². The van der Waals surface area contributed by atoms with Gasteiger partial charge in [0.2, 0.25) is 0 Å². The SMILES string of the molecule is CC[C@H](Cl)CCCl. The van der Waals surface area contributed by atoms with E-state index in [1.54, 1.807) is 0 Å². The normalized spacial score (nSPS) is 14.1. The Hall–Kier alpha value is 0.580. The summed E-state index contributed by atoms with van der Waals surface area (Å²) in [5, 5.41) is 0.289. The first kappa shape index (κ1) is 7.58. The van der Waals surface area contributed by atoms with Gasteiger partial charge in [-0.1, -0.05) is 6.92 Å². The zero-order valence-electron chi connectivity index (χ0n) is 4.45. The van der Waals surface area contributed by atoms with E-state index in [-0.39, 0.29) is 5.38 Å². The molecule has 0 fully saturated rings. The van der Waals surface area contributed by atoms with Crippen LogP contribution in [0.25, 0.3) is 0 Å². The van der Waals surface area contributed by atoms with Crippen LogP contribution in [-0.4, -0.2) is 11.3 Å². The lowest BCUT2D eigenvalue weighted by atomic mass is 10.3. The van der Waals surface area contributed by atoms with E-state index in [1.165, 1.54) is 0 Å². The fourth-order valence-corrected chi connectivity index (χ4v) is 0.807. The van der Waals surface area contributed by atoms with E-state index in [4.69, 9.17) is 23.2 Å². The van der Waals surface area contributed by atoms with Crippen LogP contribution < -0.4 is 0 Å². The van der Waals surface area contributed by atoms with E-state index in [1.807, 2.05) is 0 Å². The van der Waals surface area contributed by atoms with Crippen LogP contribution in [0.3, 0.4) is 0 Å². The Bertz CT molecular complexity index is 37.1. The Morgan fingerprint density at radius 1 is 1.57 bits per heavy atom. The van der Waals surface area contributed by atoms with Crippen LogP contribution in [-0.2, 0) is 0 Å². The molecule has 0 amide bonds. The van der Waals surface area contributed by atoms with Crippen molar-refractivity contribution in [1.29, 1.82) is 0 Å². The molecule has 0 nitrogen and oxygen atoms in total. The minimum Gasteiger partial charge on any atom is -0.127 e. The Kier molecular flexibility index (Phi) is 5.12. The van der Waals surface area contributed by atoms with Gasteiger partial charge in [0.1, 0.15) is 0 Å². The quantitative estimate of drug-likeness (QED) is 0.530. The first-order valence-electron chi connectivity index (χ1n) is 2.51. The van der Waals surface area contributed by atoms with Crippen LogP contribution in [0.5, 0.6) is 0 Å². The van der Waals surface area contributed by atoms with Crippen molar-refractivity contribution in [3.05, 3.63) is 0 Å². The molecule has 0 saturated heterocycles. The van der Waals surface area contributed by atoms with E-state index in [2.05, 4.69) is 6.92 Å². The third-order valence-corrected chi connectivity index (χ3v) is 1.61. The van der Waals surface area contributed by atoms with Gasteiger partial charge in [-0.05, 0) is 12.8 Å². The molecule has 0 aromatic carbocycles. The lowest BCUT2D eigenvalue weighted by Gasteiger charge is -1.98. The van der Waals surface area contributed by atoms with Gasteiger partial charge in [0.15, 0.2) is 0 Å². The molecule has 44 valence electrons. The van der Waals surface area contributed by atoms with Gasteiger partial charge in [0.05, 0.1) is 0 Å². The van der Waals surface area contributed by atoms with Crippen molar-refractivity contribution in [2.24, 2.45) is 0 Å². The highest BCUT2D eigenvalue weighted by molar-refractivity contribution is 6.22. The predicted molar refractivity (Wildman–Crippen MR) is 35.3 cm³/mol. The number of alkyl halides is 2. The van der Waals surface area contributed by atoms with Gasteiger partial charge in [-0.15, -0.1) is 23.2 Å². The molecule has 0 bridgehead atoms. The lowest BCUT2D eigenvalue weighted by Crippen LogP contribution is -1.94. The van der Waals surface area contributed by atoms with Gasteiger partial charge in [0, 0.05) is 11.3 Å². The van der Waals surface area contributed by atoms with Gasteiger partial charge < -0.3 is 0 Å². The average molecular weight is 141 g/mol. The Morgan fingerprint density at radius 3 is 2.29 bits per heavy atom. The summed E-state index contributed by atoms with van der Waals surface area (Å²) in [6, 6.07) is 0. The second-order valence-corrected chi connectivity index (χ2v) is 2.48. The summed E-state index contributed by atoms with van der Waals surface area (Å²) in [7, 11) is 0. The predicted octanol–water partition coefficient (Wildman–Crippen LogP) is 2.63. The van der Waals surface area contributed by atoms with Crippen molar-refractivity contribution >= 4 is 23.2 Å². The molecule has 0 aliphatic carbocycles. The highest BCUT2D eigenvalue weighted by Gasteiger charge is 1.96. The third kappa shape index (κ3) is 4.43. The molecule has 0 aromatic heterocycles. The molecular weight excluding hydrogens is 131 g/mol. The largest absolute Gasteiger partial charge is 0.127 e. The maximum absolute atomic E-state index is 5.68. The van der Waals surface area contributed by atoms with Gasteiger partial charge in [-0.3, -0.25) is 0 Å². The minimum atomic E-state index is 0.289. The van der Waals surface area contributed by atoms with Crippen molar-refractivity contribution in [3.8, 4) is 0 Å². The average Bonchev–Trinajstić information content (AvgIpc) is 1.68. The van der Waals surface area contributed by atoms with Crippen molar-refractivity contribution < 1.29 is 0 Å². The highest BCUT2D eigenvalue weighted by Crippen LogP contribution is 2.06. The smallest absolute Gasteiger partial charge is 0.0344 e. The molecule has 0 unspecified atom stereocenters. The molecule has 0 spiro atoms. The Morgan fingerprint density at radius 2 is 2.14 bits per heavy atom. The van der Waals surface area contributed by atoms with Crippen LogP contribution >= 0.6 is 23.2 Å². The highest BCUT2D eigenvalue weighted by atomic mass is 35.5. The number of rotatable bonds is 3. The minimum absolute atomic E-state index is 0.289. The van der Waals surface area contributed by atoms with Crippen LogP contribution in [0.2, 0.25) is 0 Å². The molecule has 2 heteroatoms. The fraction of sp³-hybridized carbons (Fsp3) is 1.00. The maximum atomic E-state index is 5.68. The topological polar surface area (TPSA) is 0 Å². The van der Waals surface area contributed by atoms with Gasteiger partial charge >= 0.3 is 0 Å². The summed E-state index contributed by atoms with van der Waals surface area (Å²) in [6.45, 7) is 2.06. The lowest BCUT2D eigenvalue weighted by molar-refractivity contribution is 0.786. The molecule has 7 heavy (non-hydrogen) atoms. The number of hydrogen-bond donors (Lipinski definition) is 0. The van der Waals surface area contributed by atoms with E-state index < -0.39 is 0 Å². The van der Waals surface area contributed by atoms with E-state index in [9.17, 15) is 0 Å². The molecular formula is C5H10Cl2. The first-order valence-corrected chi connectivity index (χ1v) is 3.48. The summed E-state index contributed by atoms with van der Waals surface area (Å²) in [6.07, 6.45) is 1.95. The summed E-state index contributed by atoms with van der Waals surface area (Å²) in [4.78, 5) is 0. The van der Waals surface area contributed by atoms with E-state index in [0.717, 1.165) is 12.8 Å². The molecule has 0 aliphatic heterocycles. The summed E-state index contributed by atoms with van der Waals surface area (Å²) in [5.41, 5.74) is 0. The summed E-state index contributed by atoms with van der Waals surface area (Å²) in [5.74, 6) is 0.683. The first-order chi connectivity index (χ1) is 3.31. The van der Waals surface area contributed by atoms with Crippen molar-refractivity contribution in [2.75, 3.05) is 5.88 Å². The van der Waals surface area contributed by atoms with Crippen molar-refractivity contribution in [2.45, 2.75) is 25.1 Å². The Balaban J connectivity index is 2.83. The summed E-state index contributed by atoms with van der Waals surface area (Å²) < 4.78 is 0. The number of hydrogen-bond acceptors (Lipinski definition) is 0. The van der Waals surface area contributed by atoms with Crippen LogP contribution in [0, 0.1) is 0 Å². The number of halogens is 2. The third-order valence-electron chi connectivity index (χ3n) is 0.865. The van der Waals surface area contributed by atoms with Crippen LogP contribution in [0.15, 0.2) is 0 Å². The maximum Gasteiger partial charge on any atom is 0.0344 e. The molecule has 0 rings (SSSR count). The molecule has 0 aromatic rings. The second kappa shape index (κ2) is 4.73. The van der Waals surface area contributed by atoms with Crippen LogP contribution in [0.4, 0.5) is 0 Å². The molecule has 0 N–H and O–H groups in total. The summed E-state index contributed by atoms with van der Waals surface area (Å²) >= 11 is 11.1. The molecule has 0 radical (unpaired) electrons. The van der Waals surface area contributed by atoms with Crippen molar-refractivity contribution in [1.82, 2.24) is 0 Å². The van der Waals surface area contributed by atoms with E-state index in [0.29, 0.717) is 5.88 Å². The fourth-order valence-electron chi connectivity index (χ4n) is 0.323. The second-order valence-electron chi connectivity index (χ2n) is 1.48. The zero-order chi connectivity index (χ0) is 5.70. The standard InChI is InChI=1S/C5H10Cl2/c1-2-5(7)3-4-6/h5H,2-4H2,1H3/t5-/m0/s1. The monoisotopic (exact) mass is 140 g/mol. The van der Waals surface area contributed by atoms with Crippen LogP contribution in [0.1, 0.15) is 19.8 Å². The molecule has 0 heterocycles. The zero-order valence-corrected chi connectivity index (χ0v) is 5.97. The van der Waals surface area contributed by atoms with Crippen molar-refractivity contribution in [3.63, 3.8) is 0 Å². The molecule has 0 aliphatic rings. The van der Waals surface area contributed by atoms with Gasteiger partial charge in [-0.2, -0.15) is 0 Å². The van der Waals surface area contributed by atoms with E-state index >= 15 is 0 Å². The van der Waals surface area contributed by atoms with Gasteiger partial charge in [-0.25, -0.2) is 0 Å². The molecule has 1 atom stereocenters. The Labute approximate surface area is 54.8 Å². The molecule has 0 saturated carbocycles.